The number of aromatic carboxylic acids is 1. The van der Waals surface area contributed by atoms with Gasteiger partial charge in [-0.1, -0.05) is 82.8 Å². The highest BCUT2D eigenvalue weighted by Crippen LogP contribution is 2.30. The fourth-order valence-electron chi connectivity index (χ4n) is 9.13. The number of carboxylic acid groups (broad SMARTS) is 1. The third kappa shape index (κ3) is 27.0. The van der Waals surface area contributed by atoms with Gasteiger partial charge in [-0.3, -0.25) is 0 Å². The quantitative estimate of drug-likeness (QED) is 0.00861. The molecule has 8 aromatic carbocycles. The summed E-state index contributed by atoms with van der Waals surface area (Å²) in [4.78, 5) is 70.3. The predicted molar refractivity (Wildman–Crippen MR) is 365 cm³/mol. The molecule has 3 N–H and O–H groups in total. The second-order valence-electron chi connectivity index (χ2n) is 21.2. The van der Waals surface area contributed by atoms with E-state index in [1.54, 1.807) is 78.9 Å². The van der Waals surface area contributed by atoms with Gasteiger partial charge in [0.2, 0.25) is 0 Å². The highest BCUT2D eigenvalue weighted by Gasteiger charge is 2.17. The smallest absolute Gasteiger partial charge is 0.343 e. The van der Waals surface area contributed by atoms with Crippen molar-refractivity contribution >= 4 is 68.1 Å². The SMILES string of the molecule is C1CCOC1.C=CC(=O)OCCOCCOc1ccc2cc(C(=O)O)ccc2c1.C=CC(=O)OCCOCCOc1ccc2cc(C(=O)Oc3ccc(OC(=O)c4ccc5cc(OCCOCCOC(=O)C=C)ccc5c4)c(CCC)c3)ccc2c1.CCCc1cc(O)ccc1O. The average Bonchev–Trinajstić information content (AvgIpc) is 1.35. The molecule has 0 spiro atoms. The second kappa shape index (κ2) is 42.0. The van der Waals surface area contributed by atoms with Gasteiger partial charge in [-0.15, -0.1) is 0 Å². The summed E-state index contributed by atoms with van der Waals surface area (Å²) in [5, 5.41) is 32.4. The Morgan fingerprint density at radius 1 is 0.412 bits per heavy atom. The number of phenolic OH excluding ortho intramolecular Hbond substituents is 2. The standard InChI is InChI=1S/C45H44O12.C18H18O6.C9H12O2.C4H8O/c1-4-7-35-30-40(56-44(48)36-10-8-33-28-38(14-12-31(33)26-36)52-22-18-50-20-24-54-42(46)5-2)16-17-41(35)57-45(49)37-11-9-34-29-39(15-13-32(34)27-37)53-23-19-51-21-25-55-43(47)6-3;1-2-17(19)24-10-8-22-7-9-23-16-6-5-13-11-15(18(20)21)4-3-14(13)12-16;1-2-3-7-6-8(10)4-5-9(7)11;1-2-4-5-3-1/h5-6,8-17,26-30H,2-4,7,18-25H2,1H3;2-6,11-12H,1,7-10H2,(H,20,21);4-6,10-11H,2-3H2,1H3;1-4H2. The van der Waals surface area contributed by atoms with Crippen LogP contribution in [-0.4, -0.2) is 144 Å². The average molecular weight is 1330 g/mol. The van der Waals surface area contributed by atoms with Gasteiger partial charge in [0.15, 0.2) is 0 Å². The van der Waals surface area contributed by atoms with Gasteiger partial charge in [0.05, 0.1) is 56.3 Å². The molecule has 0 amide bonds. The molecule has 21 nitrogen and oxygen atoms in total. The van der Waals surface area contributed by atoms with E-state index in [1.165, 1.54) is 25.0 Å². The number of carboxylic acids is 1. The van der Waals surface area contributed by atoms with E-state index in [0.717, 1.165) is 94.1 Å². The van der Waals surface area contributed by atoms with Gasteiger partial charge in [0.25, 0.3) is 0 Å². The van der Waals surface area contributed by atoms with Crippen LogP contribution in [0.25, 0.3) is 32.3 Å². The van der Waals surface area contributed by atoms with Gasteiger partial charge in [0.1, 0.15) is 79.9 Å². The van der Waals surface area contributed by atoms with E-state index in [-0.39, 0.29) is 50.1 Å². The molecule has 1 saturated heterocycles. The summed E-state index contributed by atoms with van der Waals surface area (Å²) in [6.07, 6.45) is 9.00. The first-order chi connectivity index (χ1) is 47.1. The van der Waals surface area contributed by atoms with Crippen molar-refractivity contribution in [3.63, 3.8) is 0 Å². The number of carbonyl (C=O) groups excluding carboxylic acids is 5. The number of aromatic hydroxyl groups is 2. The summed E-state index contributed by atoms with van der Waals surface area (Å²) in [5.41, 5.74) is 2.55. The van der Waals surface area contributed by atoms with Crippen molar-refractivity contribution in [2.24, 2.45) is 0 Å². The number of hydrogen-bond acceptors (Lipinski definition) is 20. The molecule has 97 heavy (non-hydrogen) atoms. The van der Waals surface area contributed by atoms with Gasteiger partial charge >= 0.3 is 35.8 Å². The molecule has 1 heterocycles. The molecule has 0 radical (unpaired) electrons. The van der Waals surface area contributed by atoms with E-state index in [9.17, 15) is 33.9 Å². The molecule has 21 heteroatoms. The topological polar surface area (TPSA) is 274 Å². The van der Waals surface area contributed by atoms with Crippen molar-refractivity contribution < 1.29 is 101 Å². The largest absolute Gasteiger partial charge is 0.508 e. The normalized spacial score (nSPS) is 11.2. The van der Waals surface area contributed by atoms with E-state index in [4.69, 9.17) is 67.1 Å². The molecule has 9 rings (SSSR count). The van der Waals surface area contributed by atoms with Gasteiger partial charge < -0.3 is 72.2 Å². The van der Waals surface area contributed by atoms with E-state index in [0.29, 0.717) is 92.5 Å². The van der Waals surface area contributed by atoms with Crippen LogP contribution in [0.1, 0.15) is 81.7 Å². The number of ether oxygens (including phenoxy) is 12. The number of aryl methyl sites for hydroxylation is 2. The second-order valence-corrected chi connectivity index (χ2v) is 21.2. The molecule has 1 aliphatic heterocycles. The number of fused-ring (bicyclic) bond motifs is 3. The third-order valence-electron chi connectivity index (χ3n) is 13.9. The number of phenols is 2. The highest BCUT2D eigenvalue weighted by atomic mass is 16.6. The summed E-state index contributed by atoms with van der Waals surface area (Å²) in [6, 6.07) is 41.5. The van der Waals surface area contributed by atoms with Crippen LogP contribution in [-0.2, 0) is 60.4 Å². The molecule has 0 atom stereocenters. The van der Waals surface area contributed by atoms with Gasteiger partial charge in [-0.05, 0) is 178 Å². The van der Waals surface area contributed by atoms with Crippen molar-refractivity contribution in [2.75, 3.05) is 92.5 Å². The number of carbonyl (C=O) groups is 6. The first kappa shape index (κ1) is 75.4. The summed E-state index contributed by atoms with van der Waals surface area (Å²) in [5.74, 6) is -0.295. The summed E-state index contributed by atoms with van der Waals surface area (Å²) in [7, 11) is 0. The Labute approximate surface area is 563 Å². The Morgan fingerprint density at radius 3 is 1.21 bits per heavy atom. The van der Waals surface area contributed by atoms with Crippen molar-refractivity contribution in [1.82, 2.24) is 0 Å². The molecule has 512 valence electrons. The van der Waals surface area contributed by atoms with Crippen LogP contribution in [0.4, 0.5) is 0 Å². The van der Waals surface area contributed by atoms with Crippen LogP contribution < -0.4 is 23.7 Å². The van der Waals surface area contributed by atoms with Gasteiger partial charge in [-0.2, -0.15) is 0 Å². The van der Waals surface area contributed by atoms with Crippen LogP contribution in [0.3, 0.4) is 0 Å². The Kier molecular flexibility index (Phi) is 32.7. The number of benzene rings is 8. The van der Waals surface area contributed by atoms with Crippen LogP contribution in [0.15, 0.2) is 184 Å². The molecular weight excluding hydrogens is 1250 g/mol. The lowest BCUT2D eigenvalue weighted by atomic mass is 10.1. The van der Waals surface area contributed by atoms with Crippen molar-refractivity contribution in [3.8, 4) is 40.2 Å². The Balaban J connectivity index is 0.000000299. The minimum atomic E-state index is -0.951. The van der Waals surface area contributed by atoms with Gasteiger partial charge in [0, 0.05) is 31.4 Å². The lowest BCUT2D eigenvalue weighted by Gasteiger charge is -2.13. The zero-order valence-electron chi connectivity index (χ0n) is 54.5. The maximum Gasteiger partial charge on any atom is 0.343 e. The van der Waals surface area contributed by atoms with E-state index in [2.05, 4.69) is 19.7 Å². The molecule has 0 bridgehead atoms. The van der Waals surface area contributed by atoms with Crippen LogP contribution >= 0.6 is 0 Å². The fourth-order valence-corrected chi connectivity index (χ4v) is 9.13. The lowest BCUT2D eigenvalue weighted by molar-refractivity contribution is -0.140. The fraction of sp³-hybridized carbons (Fsp3) is 0.289. The molecule has 0 aromatic heterocycles. The third-order valence-corrected chi connectivity index (χ3v) is 13.9. The van der Waals surface area contributed by atoms with Crippen molar-refractivity contribution in [3.05, 3.63) is 211 Å². The Morgan fingerprint density at radius 2 is 0.794 bits per heavy atom. The summed E-state index contributed by atoms with van der Waals surface area (Å²) < 4.78 is 64.2. The summed E-state index contributed by atoms with van der Waals surface area (Å²) in [6.45, 7) is 19.2. The molecule has 1 aliphatic rings. The number of rotatable bonds is 33. The molecule has 0 unspecified atom stereocenters. The van der Waals surface area contributed by atoms with Crippen LogP contribution in [0.2, 0.25) is 0 Å². The minimum absolute atomic E-state index is 0.139. The van der Waals surface area contributed by atoms with Crippen LogP contribution in [0.5, 0.6) is 40.2 Å². The maximum atomic E-state index is 13.3. The van der Waals surface area contributed by atoms with E-state index in [1.807, 2.05) is 68.4 Å². The zero-order valence-corrected chi connectivity index (χ0v) is 54.5. The predicted octanol–water partition coefficient (Wildman–Crippen LogP) is 13.1. The van der Waals surface area contributed by atoms with E-state index >= 15 is 0 Å². The first-order valence-electron chi connectivity index (χ1n) is 31.6. The molecular formula is C76H82O21. The minimum Gasteiger partial charge on any atom is -0.508 e. The first-order valence-corrected chi connectivity index (χ1v) is 31.6. The molecule has 0 aliphatic carbocycles. The molecule has 1 fully saturated rings. The monoisotopic (exact) mass is 1330 g/mol. The Bertz CT molecular complexity index is 3900. The van der Waals surface area contributed by atoms with Crippen molar-refractivity contribution in [2.45, 2.75) is 52.4 Å². The van der Waals surface area contributed by atoms with E-state index < -0.39 is 35.8 Å². The summed E-state index contributed by atoms with van der Waals surface area (Å²) >= 11 is 0. The van der Waals surface area contributed by atoms with Crippen molar-refractivity contribution in [1.29, 1.82) is 0 Å². The van der Waals surface area contributed by atoms with Crippen LogP contribution in [0, 0.1) is 0 Å². The van der Waals surface area contributed by atoms with Gasteiger partial charge in [-0.25, -0.2) is 28.8 Å². The Hall–Kier alpha value is -10.6. The number of esters is 5. The zero-order chi connectivity index (χ0) is 69.6. The maximum absolute atomic E-state index is 13.3. The molecule has 8 aromatic rings. The number of hydrogen-bond donors (Lipinski definition) is 3. The highest BCUT2D eigenvalue weighted by molar-refractivity contribution is 5.98. The molecule has 0 saturated carbocycles. The lowest BCUT2D eigenvalue weighted by Crippen LogP contribution is -2.12.